The van der Waals surface area contributed by atoms with E-state index in [0.717, 1.165) is 16.1 Å². The molecular weight excluding hydrogens is 339 g/mol. The van der Waals surface area contributed by atoms with Crippen molar-refractivity contribution in [1.29, 1.82) is 0 Å². The van der Waals surface area contributed by atoms with Crippen LogP contribution < -0.4 is 9.47 Å². The van der Waals surface area contributed by atoms with Crippen molar-refractivity contribution in [2.45, 2.75) is 6.92 Å². The van der Waals surface area contributed by atoms with Gasteiger partial charge >= 0.3 is 0 Å². The van der Waals surface area contributed by atoms with Crippen molar-refractivity contribution in [2.24, 2.45) is 0 Å². The normalized spacial score (nSPS) is 10.3. The molecule has 0 amide bonds. The second-order valence-corrected chi connectivity index (χ2v) is 5.32. The molecule has 21 heavy (non-hydrogen) atoms. The molecule has 0 aromatic heterocycles. The molecule has 0 aliphatic rings. The van der Waals surface area contributed by atoms with E-state index in [1.807, 2.05) is 19.1 Å². The van der Waals surface area contributed by atoms with Crippen LogP contribution in [-0.4, -0.2) is 19.5 Å². The lowest BCUT2D eigenvalue weighted by Crippen LogP contribution is -2.13. The minimum Gasteiger partial charge on any atom is -0.496 e. The van der Waals surface area contributed by atoms with Gasteiger partial charge in [0.2, 0.25) is 5.78 Å². The molecule has 0 radical (unpaired) electrons. The summed E-state index contributed by atoms with van der Waals surface area (Å²) in [6.45, 7) is 1.75. The second kappa shape index (κ2) is 6.72. The van der Waals surface area contributed by atoms with Crippen LogP contribution in [0.15, 0.2) is 40.9 Å². The Kier molecular flexibility index (Phi) is 4.96. The van der Waals surface area contributed by atoms with E-state index >= 15 is 0 Å². The Morgan fingerprint density at radius 2 is 2.00 bits per heavy atom. The van der Waals surface area contributed by atoms with Gasteiger partial charge < -0.3 is 9.47 Å². The summed E-state index contributed by atoms with van der Waals surface area (Å²) in [6, 6.07) is 9.24. The van der Waals surface area contributed by atoms with Crippen LogP contribution >= 0.6 is 15.9 Å². The fourth-order valence-electron chi connectivity index (χ4n) is 1.83. The van der Waals surface area contributed by atoms with Crippen LogP contribution in [0.2, 0.25) is 0 Å². The van der Waals surface area contributed by atoms with Crippen molar-refractivity contribution in [3.05, 3.63) is 57.8 Å². The summed E-state index contributed by atoms with van der Waals surface area (Å²) >= 11 is 3.39. The van der Waals surface area contributed by atoms with Crippen LogP contribution in [0, 0.1) is 12.7 Å². The van der Waals surface area contributed by atoms with E-state index in [4.69, 9.17) is 9.47 Å². The molecule has 0 fully saturated rings. The van der Waals surface area contributed by atoms with Crippen molar-refractivity contribution in [1.82, 2.24) is 0 Å². The van der Waals surface area contributed by atoms with E-state index in [9.17, 15) is 9.18 Å². The highest BCUT2D eigenvalue weighted by atomic mass is 79.9. The Hall–Kier alpha value is -1.88. The van der Waals surface area contributed by atoms with Gasteiger partial charge in [0, 0.05) is 4.47 Å². The van der Waals surface area contributed by atoms with Gasteiger partial charge in [0.05, 0.1) is 12.7 Å². The topological polar surface area (TPSA) is 35.5 Å². The van der Waals surface area contributed by atoms with Crippen molar-refractivity contribution in [3.8, 4) is 11.5 Å². The molecule has 5 heteroatoms. The summed E-state index contributed by atoms with van der Waals surface area (Å²) in [4.78, 5) is 12.1. The SMILES string of the molecule is COc1ccc(F)cc1C(=O)COc1ccc(Br)c(C)c1. The maximum Gasteiger partial charge on any atom is 0.204 e. The van der Waals surface area contributed by atoms with Crippen molar-refractivity contribution in [3.63, 3.8) is 0 Å². The van der Waals surface area contributed by atoms with Crippen LogP contribution in [-0.2, 0) is 0 Å². The molecule has 0 aliphatic carbocycles. The molecule has 0 aliphatic heterocycles. The number of ether oxygens (including phenoxy) is 2. The molecule has 3 nitrogen and oxygen atoms in total. The Bertz CT molecular complexity index is 671. The number of Topliss-reactive ketones (excluding diaryl/α,β-unsaturated/α-hetero) is 1. The van der Waals surface area contributed by atoms with E-state index in [1.54, 1.807) is 6.07 Å². The molecule has 0 spiro atoms. The maximum absolute atomic E-state index is 13.3. The summed E-state index contributed by atoms with van der Waals surface area (Å²) in [5.74, 6) is 0.0852. The van der Waals surface area contributed by atoms with Gasteiger partial charge in [-0.2, -0.15) is 0 Å². The van der Waals surface area contributed by atoms with Gasteiger partial charge in [0.1, 0.15) is 17.3 Å². The lowest BCUT2D eigenvalue weighted by Gasteiger charge is -2.10. The molecule has 0 bridgehead atoms. The van der Waals surface area contributed by atoms with E-state index in [1.165, 1.54) is 19.2 Å². The smallest absolute Gasteiger partial charge is 0.204 e. The van der Waals surface area contributed by atoms with E-state index in [0.29, 0.717) is 11.5 Å². The standard InChI is InChI=1S/C16H14BrFO3/c1-10-7-12(4-5-14(10)17)21-9-15(19)13-8-11(18)3-6-16(13)20-2/h3-8H,9H2,1-2H3. The average Bonchev–Trinajstić information content (AvgIpc) is 2.48. The highest BCUT2D eigenvalue weighted by Crippen LogP contribution is 2.23. The largest absolute Gasteiger partial charge is 0.496 e. The van der Waals surface area contributed by atoms with Gasteiger partial charge in [0.15, 0.2) is 6.61 Å². The molecule has 0 saturated carbocycles. The van der Waals surface area contributed by atoms with Crippen LogP contribution in [0.3, 0.4) is 0 Å². The minimum atomic E-state index is -0.487. The van der Waals surface area contributed by atoms with Gasteiger partial charge in [-0.1, -0.05) is 15.9 Å². The second-order valence-electron chi connectivity index (χ2n) is 4.47. The predicted molar refractivity (Wildman–Crippen MR) is 81.7 cm³/mol. The number of hydrogen-bond acceptors (Lipinski definition) is 3. The minimum absolute atomic E-state index is 0.173. The third-order valence-electron chi connectivity index (χ3n) is 2.96. The molecule has 2 aromatic rings. The number of aryl methyl sites for hydroxylation is 1. The first-order chi connectivity index (χ1) is 10.0. The number of ketones is 1. The van der Waals surface area contributed by atoms with E-state index < -0.39 is 5.82 Å². The third-order valence-corrected chi connectivity index (χ3v) is 3.85. The van der Waals surface area contributed by atoms with Gasteiger partial charge in [0.25, 0.3) is 0 Å². The van der Waals surface area contributed by atoms with Crippen LogP contribution in [0.25, 0.3) is 0 Å². The number of halogens is 2. The molecule has 0 unspecified atom stereocenters. The number of hydrogen-bond donors (Lipinski definition) is 0. The zero-order valence-electron chi connectivity index (χ0n) is 11.7. The highest BCUT2D eigenvalue weighted by Gasteiger charge is 2.14. The molecule has 0 N–H and O–H groups in total. The van der Waals surface area contributed by atoms with Gasteiger partial charge in [-0.3, -0.25) is 4.79 Å². The number of methoxy groups -OCH3 is 1. The number of benzene rings is 2. The molecule has 110 valence electrons. The van der Waals surface area contributed by atoms with E-state index in [-0.39, 0.29) is 18.0 Å². The summed E-state index contributed by atoms with van der Waals surface area (Å²) < 4.78 is 24.7. The van der Waals surface area contributed by atoms with Crippen LogP contribution in [0.1, 0.15) is 15.9 Å². The Morgan fingerprint density at radius 3 is 2.67 bits per heavy atom. The third kappa shape index (κ3) is 3.82. The summed E-state index contributed by atoms with van der Waals surface area (Å²) in [5, 5.41) is 0. The first-order valence-electron chi connectivity index (χ1n) is 6.27. The number of carbonyl (C=O) groups is 1. The Balaban J connectivity index is 2.11. The summed E-state index contributed by atoms with van der Waals surface area (Å²) in [6.07, 6.45) is 0. The van der Waals surface area contributed by atoms with Crippen LogP contribution in [0.4, 0.5) is 4.39 Å². The Morgan fingerprint density at radius 1 is 1.24 bits per heavy atom. The summed E-state index contributed by atoms with van der Waals surface area (Å²) in [7, 11) is 1.43. The fraction of sp³-hybridized carbons (Fsp3) is 0.188. The predicted octanol–water partition coefficient (Wildman–Crippen LogP) is 4.17. The number of carbonyl (C=O) groups excluding carboxylic acids is 1. The Labute approximate surface area is 130 Å². The molecule has 2 aromatic carbocycles. The fourth-order valence-corrected chi connectivity index (χ4v) is 2.08. The van der Waals surface area contributed by atoms with Crippen LogP contribution in [0.5, 0.6) is 11.5 Å². The highest BCUT2D eigenvalue weighted by molar-refractivity contribution is 9.10. The molecule has 0 saturated heterocycles. The molecule has 0 atom stereocenters. The van der Waals surface area contributed by atoms with Crippen molar-refractivity contribution >= 4 is 21.7 Å². The molecule has 0 heterocycles. The zero-order chi connectivity index (χ0) is 15.4. The van der Waals surface area contributed by atoms with Crippen molar-refractivity contribution < 1.29 is 18.7 Å². The number of rotatable bonds is 5. The average molecular weight is 353 g/mol. The van der Waals surface area contributed by atoms with E-state index in [2.05, 4.69) is 15.9 Å². The van der Waals surface area contributed by atoms with Crippen molar-refractivity contribution in [2.75, 3.05) is 13.7 Å². The van der Waals surface area contributed by atoms with Gasteiger partial charge in [-0.05, 0) is 48.9 Å². The molecule has 2 rings (SSSR count). The zero-order valence-corrected chi connectivity index (χ0v) is 13.2. The maximum atomic E-state index is 13.3. The molecular formula is C16H14BrFO3. The summed E-state index contributed by atoms with van der Waals surface area (Å²) in [5.41, 5.74) is 1.18. The van der Waals surface area contributed by atoms with Gasteiger partial charge in [-0.25, -0.2) is 4.39 Å². The monoisotopic (exact) mass is 352 g/mol. The quantitative estimate of drug-likeness (QED) is 0.757. The lowest BCUT2D eigenvalue weighted by atomic mass is 10.1. The lowest BCUT2D eigenvalue weighted by molar-refractivity contribution is 0.0918. The first kappa shape index (κ1) is 15.5. The van der Waals surface area contributed by atoms with Gasteiger partial charge in [-0.15, -0.1) is 0 Å². The first-order valence-corrected chi connectivity index (χ1v) is 7.06.